The number of hydrogen-bond acceptors (Lipinski definition) is 3. The molecule has 106 valence electrons. The van der Waals surface area contributed by atoms with Crippen LogP contribution in [0.25, 0.3) is 0 Å². The first-order valence-electron chi connectivity index (χ1n) is 5.27. The first kappa shape index (κ1) is 14.9. The average Bonchev–Trinajstić information content (AvgIpc) is 2.38. The van der Waals surface area contributed by atoms with Gasteiger partial charge in [0.15, 0.2) is 11.6 Å². The maximum atomic E-state index is 13.7. The zero-order chi connectivity index (χ0) is 14.9. The van der Waals surface area contributed by atoms with Crippen molar-refractivity contribution in [3.05, 3.63) is 52.3 Å². The number of nitrogens with one attached hydrogen (secondary N) is 1. The summed E-state index contributed by atoms with van der Waals surface area (Å²) in [5.41, 5.74) is -0.322. The highest BCUT2D eigenvalue weighted by molar-refractivity contribution is 7.92. The Bertz CT molecular complexity index is 765. The van der Waals surface area contributed by atoms with Crippen molar-refractivity contribution in [1.29, 1.82) is 0 Å². The summed E-state index contributed by atoms with van der Waals surface area (Å²) < 4.78 is 39.9. The molecule has 2 aromatic carbocycles. The number of halogens is 3. The topological polar surface area (TPSA) is 66.4 Å². The van der Waals surface area contributed by atoms with Gasteiger partial charge in [-0.05, 0) is 24.3 Å². The molecule has 2 N–H and O–H groups in total. The van der Waals surface area contributed by atoms with Crippen LogP contribution in [0, 0.1) is 5.82 Å². The number of phenols is 1. The first-order chi connectivity index (χ1) is 9.33. The number of benzene rings is 2. The normalized spacial score (nSPS) is 11.3. The van der Waals surface area contributed by atoms with Gasteiger partial charge in [0.1, 0.15) is 4.90 Å². The van der Waals surface area contributed by atoms with Crippen LogP contribution >= 0.6 is 23.2 Å². The van der Waals surface area contributed by atoms with Crippen molar-refractivity contribution < 1.29 is 17.9 Å². The second-order valence-electron chi connectivity index (χ2n) is 3.79. The molecule has 8 heteroatoms. The molecule has 0 saturated heterocycles. The summed E-state index contributed by atoms with van der Waals surface area (Å²) in [6.07, 6.45) is 0. The molecule has 0 spiro atoms. The van der Waals surface area contributed by atoms with E-state index in [4.69, 9.17) is 23.2 Å². The minimum absolute atomic E-state index is 0.126. The number of sulfonamides is 1. The summed E-state index contributed by atoms with van der Waals surface area (Å²) in [5.74, 6) is -1.51. The Balaban J connectivity index is 2.47. The van der Waals surface area contributed by atoms with Crippen LogP contribution in [0.15, 0.2) is 41.3 Å². The SMILES string of the molecule is O=S(=O)(Nc1cccc(Cl)c1F)c1cccc(Cl)c1O. The fraction of sp³-hybridized carbons (Fsp3) is 0. The summed E-state index contributed by atoms with van der Waals surface area (Å²) in [7, 11) is -4.19. The Morgan fingerprint density at radius 1 is 1.05 bits per heavy atom. The third-order valence-corrected chi connectivity index (χ3v) is 4.43. The average molecular weight is 336 g/mol. The first-order valence-corrected chi connectivity index (χ1v) is 7.51. The Hall–Kier alpha value is -1.50. The molecule has 4 nitrogen and oxygen atoms in total. The van der Waals surface area contributed by atoms with Gasteiger partial charge in [0, 0.05) is 0 Å². The zero-order valence-electron chi connectivity index (χ0n) is 9.77. The van der Waals surface area contributed by atoms with E-state index in [0.29, 0.717) is 0 Å². The largest absolute Gasteiger partial charge is 0.505 e. The predicted molar refractivity (Wildman–Crippen MR) is 75.3 cm³/mol. The molecule has 0 bridgehead atoms. The second-order valence-corrected chi connectivity index (χ2v) is 6.26. The van der Waals surface area contributed by atoms with Gasteiger partial charge in [-0.1, -0.05) is 35.3 Å². The lowest BCUT2D eigenvalue weighted by Crippen LogP contribution is -2.14. The van der Waals surface area contributed by atoms with E-state index in [-0.39, 0.29) is 15.7 Å². The molecule has 0 unspecified atom stereocenters. The molecule has 0 heterocycles. The van der Waals surface area contributed by atoms with Crippen LogP contribution in [-0.2, 0) is 10.0 Å². The van der Waals surface area contributed by atoms with Gasteiger partial charge in [-0.3, -0.25) is 4.72 Å². The standard InChI is InChI=1S/C12H8Cl2FNO3S/c13-7-3-1-5-9(11(7)15)16-20(18,19)10-6-2-4-8(14)12(10)17/h1-6,16-17H. The van der Waals surface area contributed by atoms with Crippen LogP contribution in [0.2, 0.25) is 10.0 Å². The van der Waals surface area contributed by atoms with Gasteiger partial charge in [0.2, 0.25) is 0 Å². The quantitative estimate of drug-likeness (QED) is 0.899. The highest BCUT2D eigenvalue weighted by atomic mass is 35.5. The molecule has 0 amide bonds. The van der Waals surface area contributed by atoms with Crippen LogP contribution in [0.4, 0.5) is 10.1 Å². The summed E-state index contributed by atoms with van der Waals surface area (Å²) in [4.78, 5) is -0.454. The van der Waals surface area contributed by atoms with E-state index >= 15 is 0 Å². The van der Waals surface area contributed by atoms with Crippen molar-refractivity contribution in [1.82, 2.24) is 0 Å². The molecule has 0 radical (unpaired) electrons. The number of aromatic hydroxyl groups is 1. The van der Waals surface area contributed by atoms with Crippen LogP contribution in [0.5, 0.6) is 5.75 Å². The van der Waals surface area contributed by atoms with Crippen molar-refractivity contribution >= 4 is 38.9 Å². The van der Waals surface area contributed by atoms with Crippen molar-refractivity contribution in [2.24, 2.45) is 0 Å². The lowest BCUT2D eigenvalue weighted by atomic mass is 10.3. The maximum Gasteiger partial charge on any atom is 0.265 e. The van der Waals surface area contributed by atoms with Crippen molar-refractivity contribution in [2.45, 2.75) is 4.90 Å². The Labute approximate surface area is 124 Å². The number of para-hydroxylation sites is 1. The molecule has 0 aromatic heterocycles. The van der Waals surface area contributed by atoms with E-state index in [1.807, 2.05) is 4.72 Å². The van der Waals surface area contributed by atoms with E-state index < -0.39 is 26.5 Å². The molecule has 0 saturated carbocycles. The van der Waals surface area contributed by atoms with Gasteiger partial charge in [0.25, 0.3) is 10.0 Å². The van der Waals surface area contributed by atoms with E-state index in [2.05, 4.69) is 0 Å². The number of hydrogen-bond donors (Lipinski definition) is 2. The van der Waals surface area contributed by atoms with Gasteiger partial charge in [-0.25, -0.2) is 12.8 Å². The summed E-state index contributed by atoms with van der Waals surface area (Å²) in [6, 6.07) is 7.71. The predicted octanol–water partition coefficient (Wildman–Crippen LogP) is 3.64. The third kappa shape index (κ3) is 2.82. The molecule has 2 aromatic rings. The lowest BCUT2D eigenvalue weighted by molar-refractivity contribution is 0.459. The Morgan fingerprint density at radius 3 is 2.35 bits per heavy atom. The Morgan fingerprint density at radius 2 is 1.65 bits per heavy atom. The summed E-state index contributed by atoms with van der Waals surface area (Å²) in [6.45, 7) is 0. The summed E-state index contributed by atoms with van der Waals surface area (Å²) in [5, 5.41) is 9.32. The maximum absolute atomic E-state index is 13.7. The molecule has 0 aliphatic rings. The van der Waals surface area contributed by atoms with Crippen molar-refractivity contribution in [3.63, 3.8) is 0 Å². The zero-order valence-corrected chi connectivity index (χ0v) is 12.1. The second kappa shape index (κ2) is 5.47. The number of rotatable bonds is 3. The minimum Gasteiger partial charge on any atom is -0.505 e. The van der Waals surface area contributed by atoms with Gasteiger partial charge in [-0.15, -0.1) is 0 Å². The van der Waals surface area contributed by atoms with E-state index in [9.17, 15) is 17.9 Å². The molecule has 0 atom stereocenters. The summed E-state index contributed by atoms with van der Waals surface area (Å²) >= 11 is 11.2. The van der Waals surface area contributed by atoms with E-state index in [1.165, 1.54) is 30.3 Å². The fourth-order valence-electron chi connectivity index (χ4n) is 1.49. The van der Waals surface area contributed by atoms with Crippen LogP contribution in [0.3, 0.4) is 0 Å². The van der Waals surface area contributed by atoms with Crippen LogP contribution in [-0.4, -0.2) is 13.5 Å². The van der Waals surface area contributed by atoms with Gasteiger partial charge < -0.3 is 5.11 Å². The fourth-order valence-corrected chi connectivity index (χ4v) is 3.08. The molecule has 20 heavy (non-hydrogen) atoms. The van der Waals surface area contributed by atoms with Gasteiger partial charge in [-0.2, -0.15) is 0 Å². The third-order valence-electron chi connectivity index (χ3n) is 2.44. The molecular weight excluding hydrogens is 328 g/mol. The van der Waals surface area contributed by atoms with Gasteiger partial charge in [0.05, 0.1) is 15.7 Å². The monoisotopic (exact) mass is 335 g/mol. The Kier molecular flexibility index (Phi) is 4.08. The smallest absolute Gasteiger partial charge is 0.265 e. The van der Waals surface area contributed by atoms with Gasteiger partial charge >= 0.3 is 0 Å². The van der Waals surface area contributed by atoms with Crippen LogP contribution in [0.1, 0.15) is 0 Å². The number of phenolic OH excluding ortho intramolecular Hbond substituents is 1. The minimum atomic E-state index is -4.19. The number of anilines is 1. The highest BCUT2D eigenvalue weighted by Gasteiger charge is 2.22. The lowest BCUT2D eigenvalue weighted by Gasteiger charge is -2.11. The molecule has 2 rings (SSSR count). The van der Waals surface area contributed by atoms with E-state index in [1.54, 1.807) is 0 Å². The van der Waals surface area contributed by atoms with Crippen molar-refractivity contribution in [3.8, 4) is 5.75 Å². The van der Waals surface area contributed by atoms with Crippen molar-refractivity contribution in [2.75, 3.05) is 4.72 Å². The molecule has 0 aliphatic heterocycles. The molecular formula is C12H8Cl2FNO3S. The molecule has 0 fully saturated rings. The highest BCUT2D eigenvalue weighted by Crippen LogP contribution is 2.32. The molecule has 0 aliphatic carbocycles. The van der Waals surface area contributed by atoms with E-state index in [0.717, 1.165) is 6.07 Å². The van der Waals surface area contributed by atoms with Crippen LogP contribution < -0.4 is 4.72 Å².